The number of aryl methyl sites for hydroxylation is 4. The van der Waals surface area contributed by atoms with E-state index in [2.05, 4.69) is 63.8 Å². The number of carbonyl (C=O) groups is 8. The van der Waals surface area contributed by atoms with Gasteiger partial charge in [-0.15, -0.1) is 0 Å². The monoisotopic (exact) mass is 2020 g/mol. The van der Waals surface area contributed by atoms with Crippen LogP contribution in [0.3, 0.4) is 0 Å². The molecule has 4 fully saturated rings. The summed E-state index contributed by atoms with van der Waals surface area (Å²) in [6.45, 7) is 16.6. The van der Waals surface area contributed by atoms with Crippen molar-refractivity contribution in [3.8, 4) is 24.3 Å². The summed E-state index contributed by atoms with van der Waals surface area (Å²) in [4.78, 5) is 114. The third kappa shape index (κ3) is 20.4. The molecule has 0 unspecified atom stereocenters. The van der Waals surface area contributed by atoms with E-state index in [1.54, 1.807) is 163 Å². The lowest BCUT2D eigenvalue weighted by Gasteiger charge is -2.35. The number of carbonyl (C=O) groups excluding carboxylic acids is 8. The number of amides is 8. The fourth-order valence-corrected chi connectivity index (χ4v) is 28.0. The van der Waals surface area contributed by atoms with Crippen molar-refractivity contribution in [3.05, 3.63) is 220 Å². The molecule has 0 radical (unpaired) electrons. The summed E-state index contributed by atoms with van der Waals surface area (Å²) in [6.07, 6.45) is 5.99. The van der Waals surface area contributed by atoms with Gasteiger partial charge in [0, 0.05) is 147 Å². The average molecular weight is 2020 g/mol. The molecular weight excluding hydrogens is 1900 g/mol. The number of aliphatic hydroxyl groups excluding tert-OH is 1. The highest BCUT2D eigenvalue weighted by Gasteiger charge is 2.65. The first-order chi connectivity index (χ1) is 66.8. The van der Waals surface area contributed by atoms with E-state index >= 15 is 0 Å². The molecule has 4 aliphatic carbocycles. The predicted molar refractivity (Wildman–Crippen MR) is 521 cm³/mol. The van der Waals surface area contributed by atoms with Gasteiger partial charge in [0.1, 0.15) is 22.8 Å². The predicted octanol–water partition coefficient (Wildman–Crippen LogP) is 6.46. The molecule has 4 aliphatic heterocycles. The minimum Gasteiger partial charge on any atom is -0.395 e. The van der Waals surface area contributed by atoms with Crippen LogP contribution >= 0.6 is 0 Å². The normalized spacial score (nSPS) is 16.8. The quantitative estimate of drug-likeness (QED) is 0.0146. The first-order valence-electron chi connectivity index (χ1n) is 46.6. The number of rotatable bonds is 33. The van der Waals surface area contributed by atoms with Crippen LogP contribution in [0.2, 0.25) is 0 Å². The van der Waals surface area contributed by atoms with Crippen LogP contribution in [0.1, 0.15) is 271 Å². The third-order valence-corrected chi connectivity index (χ3v) is 41.9. The molecule has 0 bridgehead atoms. The highest BCUT2D eigenvalue weighted by Crippen LogP contribution is 2.54. The number of azide groups is 1. The second kappa shape index (κ2) is 40.5. The number of fused-ring (bicyclic) bond motifs is 4. The van der Waals surface area contributed by atoms with Crippen LogP contribution in [0.15, 0.2) is 102 Å². The van der Waals surface area contributed by atoms with Crippen LogP contribution in [-0.2, 0) is 119 Å². The van der Waals surface area contributed by atoms with E-state index < -0.39 is 102 Å². The Morgan fingerprint density at radius 3 is 0.817 bits per heavy atom. The van der Waals surface area contributed by atoms with Gasteiger partial charge in [0.2, 0.25) is 0 Å². The van der Waals surface area contributed by atoms with Crippen molar-refractivity contribution >= 4 is 86.6 Å². The number of aliphatic hydroxyl groups is 1. The fraction of sp³-hybridized carbons (Fsp3) is 0.505. The van der Waals surface area contributed by atoms with Crippen LogP contribution in [0, 0.1) is 45.3 Å². The van der Waals surface area contributed by atoms with Crippen molar-refractivity contribution in [2.75, 3.05) is 72.1 Å². The summed E-state index contributed by atoms with van der Waals surface area (Å²) in [6, 6.07) is 35.7. The van der Waals surface area contributed by atoms with Gasteiger partial charge in [-0.05, 0) is 215 Å². The smallest absolute Gasteiger partial charge is 0.272 e. The summed E-state index contributed by atoms with van der Waals surface area (Å²) in [7, 11) is -7.97. The van der Waals surface area contributed by atoms with E-state index in [-0.39, 0.29) is 142 Å². The molecule has 8 heterocycles. The lowest BCUT2D eigenvalue weighted by Crippen LogP contribution is -2.52. The molecule has 4 saturated carbocycles. The number of aromatic nitrogens is 8. The number of nitrogens with one attached hydrogen (secondary N) is 4. The van der Waals surface area contributed by atoms with Gasteiger partial charge in [0.25, 0.3) is 47.3 Å². The van der Waals surface area contributed by atoms with Crippen molar-refractivity contribution in [1.82, 2.24) is 80.0 Å². The van der Waals surface area contributed by atoms with Crippen molar-refractivity contribution in [3.63, 3.8) is 0 Å². The molecule has 0 saturated heterocycles. The second-order valence-electron chi connectivity index (χ2n) is 40.0. The average Bonchev–Trinajstić information content (AvgIpc) is 1.57. The van der Waals surface area contributed by atoms with Crippen LogP contribution in [0.25, 0.3) is 10.4 Å². The van der Waals surface area contributed by atoms with Gasteiger partial charge >= 0.3 is 0 Å². The molecular formula is C97H118N24O17S4. The molecule has 4 aromatic carbocycles. The molecule has 7 N–H and O–H groups in total. The highest BCUT2D eigenvalue weighted by molar-refractivity contribution is 7.95. The summed E-state index contributed by atoms with van der Waals surface area (Å²) >= 11 is 0. The zero-order chi connectivity index (χ0) is 104. The van der Waals surface area contributed by atoms with Crippen LogP contribution in [0.4, 0.5) is 0 Å². The summed E-state index contributed by atoms with van der Waals surface area (Å²) in [5, 5.41) is 77.2. The highest BCUT2D eigenvalue weighted by atomic mass is 32.2. The molecule has 752 valence electrons. The number of benzene rings is 4. The van der Waals surface area contributed by atoms with Crippen LogP contribution in [0.5, 0.6) is 0 Å². The molecule has 142 heavy (non-hydrogen) atoms. The Balaban J connectivity index is 0.000000159. The lowest BCUT2D eigenvalue weighted by molar-refractivity contribution is 0.0716. The van der Waals surface area contributed by atoms with Crippen molar-refractivity contribution < 1.29 is 77.1 Å². The molecule has 0 atom stereocenters. The van der Waals surface area contributed by atoms with E-state index in [0.717, 1.165) is 22.3 Å². The topological polar surface area (TPSA) is 596 Å². The van der Waals surface area contributed by atoms with Crippen LogP contribution < -0.4 is 27.0 Å². The second-order valence-corrected chi connectivity index (χ2v) is 51.9. The number of nitriles is 4. The number of hydrogen-bond donors (Lipinski definition) is 6. The molecule has 8 amide bonds. The van der Waals surface area contributed by atoms with Gasteiger partial charge in [0.05, 0.1) is 91.1 Å². The van der Waals surface area contributed by atoms with Gasteiger partial charge in [0.15, 0.2) is 62.1 Å². The first-order valence-corrected chi connectivity index (χ1v) is 52.6. The molecule has 0 spiro atoms. The van der Waals surface area contributed by atoms with Crippen molar-refractivity contribution in [1.29, 1.82) is 21.0 Å². The van der Waals surface area contributed by atoms with Gasteiger partial charge < -0.3 is 51.7 Å². The molecule has 8 aliphatic rings. The fourth-order valence-electron chi connectivity index (χ4n) is 18.5. The number of nitrogens with two attached hydrogens (primary N) is 1. The summed E-state index contributed by atoms with van der Waals surface area (Å²) in [5.41, 5.74) is 24.1. The Kier molecular flexibility index (Phi) is 30.1. The Labute approximate surface area is 824 Å². The van der Waals surface area contributed by atoms with Crippen molar-refractivity contribution in [2.24, 2.45) is 39.0 Å². The van der Waals surface area contributed by atoms with Gasteiger partial charge in [-0.25, -0.2) is 33.7 Å². The minimum absolute atomic E-state index is 0.0118. The van der Waals surface area contributed by atoms with Crippen LogP contribution in [-0.4, -0.2) is 255 Å². The summed E-state index contributed by atoms with van der Waals surface area (Å²) < 4.78 is 104. The Morgan fingerprint density at radius 2 is 0.620 bits per heavy atom. The molecule has 41 nitrogen and oxygen atoms in total. The Hall–Kier alpha value is -13.5. The van der Waals surface area contributed by atoms with Gasteiger partial charge in [-0.1, -0.05) is 60.6 Å². The molecule has 45 heteroatoms. The van der Waals surface area contributed by atoms with E-state index in [4.69, 9.17) is 32.3 Å². The maximum absolute atomic E-state index is 13.4. The Morgan fingerprint density at radius 1 is 0.401 bits per heavy atom. The summed E-state index contributed by atoms with van der Waals surface area (Å²) in [5.74, 6) is -2.91. The zero-order valence-electron chi connectivity index (χ0n) is 81.7. The SMILES string of the molecule is CCC(C)(C)S(=O)(=O)C1(CN2CCc3c(C(=O)NCc4ccc(C#N)cc4)nn(C)c3C2=O)CC1.Cn1nc(C(=O)NCc2ccc(C#N)cc2)c2c1C(=O)N(CC1(S(=O)(=O)C(C)(C)CN)CC1)CC2.Cn1nc(C(=O)NCc2ccc(C#N)cc2)c2c1C(=O)N(CC1(S(=O)(=O)C(C)(C)CN=[N+]=[N-])CC1)CC2.Cn1nc(C(=O)NCc2ccc(C#N)cc2)c2c1C(=O)N(CC1(S(=O)(=O)C(C)(C)CO)CC1)CC2. The van der Waals surface area contributed by atoms with E-state index in [9.17, 15) is 77.1 Å². The minimum atomic E-state index is -3.72. The van der Waals surface area contributed by atoms with Crippen molar-refractivity contribution in [2.45, 2.75) is 210 Å². The largest absolute Gasteiger partial charge is 0.395 e. The zero-order valence-corrected chi connectivity index (χ0v) is 85.0. The van der Waals surface area contributed by atoms with E-state index in [1.165, 1.54) is 56.2 Å². The molecule has 16 rings (SSSR count). The molecule has 4 aromatic heterocycles. The maximum Gasteiger partial charge on any atom is 0.272 e. The van der Waals surface area contributed by atoms with E-state index in [1.807, 2.05) is 19.1 Å². The van der Waals surface area contributed by atoms with Gasteiger partial charge in [-0.3, -0.25) is 57.1 Å². The van der Waals surface area contributed by atoms with E-state index in [0.29, 0.717) is 152 Å². The number of hydrogen-bond acceptors (Lipinski definition) is 27. The van der Waals surface area contributed by atoms with Gasteiger partial charge in [-0.2, -0.15) is 41.4 Å². The third-order valence-electron chi connectivity index (χ3n) is 28.6. The standard InChI is InChI=1S/C25H31N5O4S.C24H28N8O4S.C24H30N6O4S.C24H29N5O5S/c1-5-24(2,3)35(33,34)25(11-12-25)16-30-13-10-19-20(28-29(4)21(19)23(30)32)22(31)27-15-18-8-6-17(14-26)7-9-18;1-23(2,14-28-30-26)37(35,36)24(9-10-24)15-32-11-8-18-19(29-31(3)20(18)22(32)34)21(33)27-13-17-6-4-16(12-25)5-7-17;1-23(2,14-26)35(33,34)24(9-10-24)15-30-11-8-18-19(28-29(3)20(18)22(30)32)21(31)27-13-17-6-4-16(12-25)5-7-17;1-23(2,15-30)35(33,34)24(9-10-24)14-29-11-8-18-19(27-28(3)20(18)22(29)32)21(31)26-13-17-6-4-16(12-25)5-7-17/h6-9H,5,10-13,15-16H2,1-4H3,(H,27,31);4-7H,8-11,13-15H2,1-3H3,(H,27,33);4-7H,8-11,13-15,26H2,1-3H3,(H,27,31);4-7,30H,8-11,13-15H2,1-3H3,(H,26,31). The first kappa shape index (κ1) is 106. The number of sulfone groups is 4. The maximum atomic E-state index is 13.4. The molecule has 8 aromatic rings. The lowest BCUT2D eigenvalue weighted by atomic mass is 10.0. The Bertz CT molecular complexity index is 6580. The number of nitrogens with zero attached hydrogens (tertiary/aromatic N) is 19.